The molecular weight excluding hydrogens is 491 g/mol. The molecule has 2 fully saturated rings. The molecule has 5 heterocycles. The molecule has 2 saturated heterocycles. The van der Waals surface area contributed by atoms with Gasteiger partial charge in [-0.2, -0.15) is 9.61 Å². The van der Waals surface area contributed by atoms with Crippen LogP contribution in [0.5, 0.6) is 5.75 Å². The van der Waals surface area contributed by atoms with Crippen LogP contribution in [0.15, 0.2) is 30.6 Å². The summed E-state index contributed by atoms with van der Waals surface area (Å²) in [5.41, 5.74) is 9.74. The van der Waals surface area contributed by atoms with Crippen molar-refractivity contribution >= 4 is 34.1 Å². The van der Waals surface area contributed by atoms with Gasteiger partial charge in [0.25, 0.3) is 0 Å². The number of hydrogen-bond donors (Lipinski definition) is 2. The van der Waals surface area contributed by atoms with Gasteiger partial charge in [-0.05, 0) is 44.7 Å². The summed E-state index contributed by atoms with van der Waals surface area (Å²) < 4.78 is 20.9. The second-order valence-corrected chi connectivity index (χ2v) is 10.0. The minimum atomic E-state index is -0.512. The number of nitrogens with zero attached hydrogens (tertiary/aromatic N) is 5. The Kier molecular flexibility index (Phi) is 5.75. The summed E-state index contributed by atoms with van der Waals surface area (Å²) in [4.78, 5) is 36.4. The van der Waals surface area contributed by atoms with Gasteiger partial charge in [0, 0.05) is 46.8 Å². The number of halogens is 1. The highest BCUT2D eigenvalue weighted by Gasteiger charge is 2.44. The van der Waals surface area contributed by atoms with Crippen LogP contribution in [0, 0.1) is 5.82 Å². The van der Waals surface area contributed by atoms with Crippen LogP contribution in [-0.2, 0) is 4.79 Å². The summed E-state index contributed by atoms with van der Waals surface area (Å²) in [6, 6.07) is 4.43. The first-order chi connectivity index (χ1) is 18.3. The lowest BCUT2D eigenvalue weighted by Gasteiger charge is -2.39. The Balaban J connectivity index is 1.48. The predicted octanol–water partition coefficient (Wildman–Crippen LogP) is 3.11. The van der Waals surface area contributed by atoms with Crippen molar-refractivity contribution in [2.75, 3.05) is 19.5 Å². The van der Waals surface area contributed by atoms with Crippen LogP contribution in [0.2, 0.25) is 0 Å². The molecule has 2 aliphatic heterocycles. The summed E-state index contributed by atoms with van der Waals surface area (Å²) in [6.45, 7) is 0.948. The summed E-state index contributed by atoms with van der Waals surface area (Å²) >= 11 is 0. The van der Waals surface area contributed by atoms with Crippen LogP contribution in [0.25, 0.3) is 27.7 Å². The van der Waals surface area contributed by atoms with E-state index in [4.69, 9.17) is 15.5 Å². The number of piperidine rings is 1. The molecule has 10 nitrogen and oxygen atoms in total. The molecule has 11 heteroatoms. The topological polar surface area (TPSA) is 136 Å². The monoisotopic (exact) mass is 518 g/mol. The number of Topliss-reactive ketones (excluding diaryl/α,β-unsaturated/α-hetero) is 1. The molecule has 38 heavy (non-hydrogen) atoms. The highest BCUT2D eigenvalue weighted by Crippen LogP contribution is 2.44. The average molecular weight is 519 g/mol. The first-order valence-electron chi connectivity index (χ1n) is 12.5. The number of rotatable bonds is 5. The minimum Gasteiger partial charge on any atom is -0.494 e. The molecule has 1 aromatic carbocycles. The number of hydrogen-bond acceptors (Lipinski definition) is 8. The van der Waals surface area contributed by atoms with Crippen molar-refractivity contribution in [3.63, 3.8) is 0 Å². The number of methoxy groups -OCH3 is 1. The smallest absolute Gasteiger partial charge is 0.248 e. The van der Waals surface area contributed by atoms with Crippen molar-refractivity contribution < 1.29 is 23.8 Å². The summed E-state index contributed by atoms with van der Waals surface area (Å²) in [5, 5.41) is 14.4. The SMILES string of the molecule is COc1cc(F)cc2cc(-c3cnn4c(N)c(C(C)=O)c([C@@H]5C[C@H]6CC[C@@H](C5)N6C(=O)CO)nc34)cnc12. The molecule has 4 aromatic rings. The number of pyridine rings is 1. The Morgan fingerprint density at radius 3 is 2.58 bits per heavy atom. The van der Waals surface area contributed by atoms with Gasteiger partial charge >= 0.3 is 0 Å². The average Bonchev–Trinajstić information content (AvgIpc) is 3.45. The Labute approximate surface area is 217 Å². The second-order valence-electron chi connectivity index (χ2n) is 10.0. The van der Waals surface area contributed by atoms with Crippen molar-refractivity contribution in [2.45, 2.75) is 50.6 Å². The first-order valence-corrected chi connectivity index (χ1v) is 12.5. The van der Waals surface area contributed by atoms with Crippen molar-refractivity contribution in [3.8, 4) is 16.9 Å². The van der Waals surface area contributed by atoms with Gasteiger partial charge < -0.3 is 20.5 Å². The van der Waals surface area contributed by atoms with Gasteiger partial charge in [0.2, 0.25) is 5.91 Å². The van der Waals surface area contributed by atoms with Crippen molar-refractivity contribution in [2.24, 2.45) is 0 Å². The largest absolute Gasteiger partial charge is 0.494 e. The van der Waals surface area contributed by atoms with E-state index in [0.717, 1.165) is 12.8 Å². The third-order valence-electron chi connectivity index (χ3n) is 7.85. The van der Waals surface area contributed by atoms with E-state index >= 15 is 0 Å². The molecular formula is C27H27FN6O4. The molecule has 0 saturated carbocycles. The first kappa shape index (κ1) is 24.2. The van der Waals surface area contributed by atoms with Crippen LogP contribution in [-0.4, -0.2) is 67.1 Å². The van der Waals surface area contributed by atoms with Gasteiger partial charge in [0.05, 0.1) is 24.6 Å². The molecule has 3 aromatic heterocycles. The van der Waals surface area contributed by atoms with E-state index in [1.54, 1.807) is 23.4 Å². The molecule has 0 radical (unpaired) electrons. The lowest BCUT2D eigenvalue weighted by atomic mass is 9.85. The standard InChI is InChI=1S/C27H27FN6O4/c1-13(36)23-25(15-7-18-3-4-19(8-15)33(18)22(37)12-35)32-27-20(11-31-34(27)26(23)29)16-5-14-6-17(28)9-21(38-2)24(14)30-10-16/h5-6,9-11,15,18-19,35H,3-4,7-8,12,29H2,1-2H3/t15-,18-,19+. The number of nitrogens with two attached hydrogens (primary N) is 1. The van der Waals surface area contributed by atoms with E-state index in [0.29, 0.717) is 57.5 Å². The molecule has 0 unspecified atom stereocenters. The zero-order chi connectivity index (χ0) is 26.7. The van der Waals surface area contributed by atoms with Gasteiger partial charge in [-0.25, -0.2) is 9.37 Å². The van der Waals surface area contributed by atoms with E-state index in [2.05, 4.69) is 10.1 Å². The van der Waals surface area contributed by atoms with Crippen molar-refractivity contribution in [1.82, 2.24) is 24.5 Å². The zero-order valence-electron chi connectivity index (χ0n) is 21.0. The zero-order valence-corrected chi connectivity index (χ0v) is 21.0. The third-order valence-corrected chi connectivity index (χ3v) is 7.85. The number of ketones is 1. The molecule has 0 aliphatic carbocycles. The van der Waals surface area contributed by atoms with Crippen LogP contribution in [0.1, 0.15) is 54.6 Å². The molecule has 1 amide bonds. The number of ether oxygens (including phenoxy) is 1. The molecule has 6 rings (SSSR count). The Bertz CT molecular complexity index is 1600. The maximum Gasteiger partial charge on any atom is 0.248 e. The lowest BCUT2D eigenvalue weighted by molar-refractivity contribution is -0.138. The second kappa shape index (κ2) is 9.02. The van der Waals surface area contributed by atoms with E-state index in [9.17, 15) is 19.1 Å². The quantitative estimate of drug-likeness (QED) is 0.385. The number of anilines is 1. The normalized spacial score (nSPS) is 20.8. The summed E-state index contributed by atoms with van der Waals surface area (Å²) in [6.07, 6.45) is 6.21. The molecule has 0 spiro atoms. The number of carbonyl (C=O) groups is 2. The number of aliphatic hydroxyl groups is 1. The number of benzene rings is 1. The maximum atomic E-state index is 14.2. The molecule has 3 atom stereocenters. The number of aliphatic hydroxyl groups excluding tert-OH is 1. The van der Waals surface area contributed by atoms with Crippen molar-refractivity contribution in [1.29, 1.82) is 0 Å². The Morgan fingerprint density at radius 2 is 1.92 bits per heavy atom. The fraction of sp³-hybridized carbons (Fsp3) is 0.370. The van der Waals surface area contributed by atoms with Crippen LogP contribution in [0.4, 0.5) is 10.2 Å². The van der Waals surface area contributed by atoms with E-state index in [1.165, 1.54) is 30.7 Å². The van der Waals surface area contributed by atoms with Gasteiger partial charge in [-0.3, -0.25) is 14.6 Å². The van der Waals surface area contributed by atoms with E-state index < -0.39 is 12.4 Å². The van der Waals surface area contributed by atoms with Crippen LogP contribution in [0.3, 0.4) is 0 Å². The van der Waals surface area contributed by atoms with Crippen LogP contribution >= 0.6 is 0 Å². The van der Waals surface area contributed by atoms with Gasteiger partial charge in [0.15, 0.2) is 11.4 Å². The molecule has 196 valence electrons. The van der Waals surface area contributed by atoms with E-state index in [1.807, 2.05) is 0 Å². The lowest BCUT2D eigenvalue weighted by Crippen LogP contribution is -2.47. The predicted molar refractivity (Wildman–Crippen MR) is 137 cm³/mol. The Hall–Kier alpha value is -4.12. The maximum absolute atomic E-state index is 14.2. The number of fused-ring (bicyclic) bond motifs is 4. The molecule has 2 aliphatic rings. The fourth-order valence-electron chi connectivity index (χ4n) is 6.27. The van der Waals surface area contributed by atoms with Crippen molar-refractivity contribution in [3.05, 3.63) is 47.7 Å². The molecule has 3 N–H and O–H groups in total. The Morgan fingerprint density at radius 1 is 1.18 bits per heavy atom. The number of nitrogen functional groups attached to an aromatic ring is 1. The van der Waals surface area contributed by atoms with Gasteiger partial charge in [0.1, 0.15) is 29.5 Å². The fourth-order valence-corrected chi connectivity index (χ4v) is 6.27. The summed E-state index contributed by atoms with van der Waals surface area (Å²) in [5.74, 6) is -0.461. The minimum absolute atomic E-state index is 0.0172. The van der Waals surface area contributed by atoms with Gasteiger partial charge in [-0.1, -0.05) is 0 Å². The highest BCUT2D eigenvalue weighted by molar-refractivity contribution is 6.00. The third kappa shape index (κ3) is 3.68. The number of amides is 1. The molecule has 2 bridgehead atoms. The van der Waals surface area contributed by atoms with Gasteiger partial charge in [-0.15, -0.1) is 0 Å². The highest BCUT2D eigenvalue weighted by atomic mass is 19.1. The summed E-state index contributed by atoms with van der Waals surface area (Å²) in [7, 11) is 1.46. The van der Waals surface area contributed by atoms with Crippen LogP contribution < -0.4 is 10.5 Å². The number of aromatic nitrogens is 4. The number of carbonyl (C=O) groups excluding carboxylic acids is 2. The van der Waals surface area contributed by atoms with E-state index in [-0.39, 0.29) is 35.5 Å².